The van der Waals surface area contributed by atoms with Crippen molar-refractivity contribution in [1.29, 1.82) is 0 Å². The molecule has 0 saturated heterocycles. The first kappa shape index (κ1) is 13.3. The van der Waals surface area contributed by atoms with Gasteiger partial charge in [-0.3, -0.25) is 4.79 Å². The average molecular weight is 291 g/mol. The minimum atomic E-state index is -0.0502. The first-order chi connectivity index (χ1) is 9.83. The van der Waals surface area contributed by atoms with Crippen LogP contribution < -0.4 is 5.32 Å². The molecule has 2 aromatic heterocycles. The number of nitrogens with one attached hydrogen (secondary N) is 1. The number of aromatic nitrogens is 2. The van der Waals surface area contributed by atoms with E-state index in [4.69, 9.17) is 4.52 Å². The summed E-state index contributed by atoms with van der Waals surface area (Å²) in [5.41, 5.74) is 0.703. The lowest BCUT2D eigenvalue weighted by Gasteiger charge is -2.01. The monoisotopic (exact) mass is 291 g/mol. The molecule has 2 aromatic rings. The summed E-state index contributed by atoms with van der Waals surface area (Å²) in [5, 5.41) is 10.6. The lowest BCUT2D eigenvalue weighted by molar-refractivity contribution is 0.0954. The third-order valence-corrected chi connectivity index (χ3v) is 4.29. The van der Waals surface area contributed by atoms with Crippen molar-refractivity contribution in [3.8, 4) is 0 Å². The molecule has 0 radical (unpaired) electrons. The van der Waals surface area contributed by atoms with Gasteiger partial charge in [0, 0.05) is 29.8 Å². The summed E-state index contributed by atoms with van der Waals surface area (Å²) in [6.07, 6.45) is 5.40. The fourth-order valence-electron chi connectivity index (χ4n) is 2.49. The van der Waals surface area contributed by atoms with Crippen LogP contribution in [0.4, 0.5) is 0 Å². The minimum Gasteiger partial charge on any atom is -0.352 e. The summed E-state index contributed by atoms with van der Waals surface area (Å²) in [5.74, 6) is 1.83. The predicted molar refractivity (Wildman–Crippen MR) is 75.9 cm³/mol. The van der Waals surface area contributed by atoms with Crippen molar-refractivity contribution >= 4 is 17.2 Å². The van der Waals surface area contributed by atoms with E-state index in [2.05, 4.69) is 15.5 Å². The zero-order chi connectivity index (χ0) is 13.8. The first-order valence-corrected chi connectivity index (χ1v) is 7.90. The van der Waals surface area contributed by atoms with Crippen LogP contribution in [0.5, 0.6) is 0 Å². The Balaban J connectivity index is 1.48. The maximum absolute atomic E-state index is 11.7. The van der Waals surface area contributed by atoms with Gasteiger partial charge >= 0.3 is 0 Å². The van der Waals surface area contributed by atoms with Crippen LogP contribution in [0.1, 0.15) is 53.7 Å². The fraction of sp³-hybridized carbons (Fsp3) is 0.500. The van der Waals surface area contributed by atoms with Gasteiger partial charge in [0.2, 0.25) is 5.89 Å². The van der Waals surface area contributed by atoms with Gasteiger partial charge in [0.15, 0.2) is 5.82 Å². The highest BCUT2D eigenvalue weighted by atomic mass is 32.1. The topological polar surface area (TPSA) is 68.0 Å². The van der Waals surface area contributed by atoms with E-state index in [1.165, 1.54) is 24.2 Å². The van der Waals surface area contributed by atoms with Crippen molar-refractivity contribution in [3.05, 3.63) is 34.1 Å². The van der Waals surface area contributed by atoms with Crippen molar-refractivity contribution in [1.82, 2.24) is 15.5 Å². The summed E-state index contributed by atoms with van der Waals surface area (Å²) in [4.78, 5) is 16.2. The number of hydrogen-bond donors (Lipinski definition) is 1. The number of hydrogen-bond acceptors (Lipinski definition) is 5. The number of thiophene rings is 1. The number of carbonyl (C=O) groups is 1. The number of rotatable bonds is 5. The average Bonchev–Trinajstić information content (AvgIpc) is 3.20. The highest BCUT2D eigenvalue weighted by Gasteiger charge is 2.22. The Bertz CT molecular complexity index is 559. The van der Waals surface area contributed by atoms with Crippen LogP contribution in [0.25, 0.3) is 0 Å². The van der Waals surface area contributed by atoms with Crippen LogP contribution in [0, 0.1) is 0 Å². The summed E-state index contributed by atoms with van der Waals surface area (Å²) in [6.45, 7) is 0.526. The largest absolute Gasteiger partial charge is 0.352 e. The van der Waals surface area contributed by atoms with Gasteiger partial charge in [-0.1, -0.05) is 18.0 Å². The Hall–Kier alpha value is -1.69. The third-order valence-electron chi connectivity index (χ3n) is 3.61. The second-order valence-corrected chi connectivity index (χ2v) is 5.83. The van der Waals surface area contributed by atoms with Crippen molar-refractivity contribution in [2.24, 2.45) is 0 Å². The molecule has 2 heterocycles. The maximum atomic E-state index is 11.7. The van der Waals surface area contributed by atoms with Crippen molar-refractivity contribution in [3.63, 3.8) is 0 Å². The van der Waals surface area contributed by atoms with Gasteiger partial charge in [0.05, 0.1) is 0 Å². The molecule has 0 aromatic carbocycles. The van der Waals surface area contributed by atoms with E-state index >= 15 is 0 Å². The molecule has 1 aliphatic rings. The van der Waals surface area contributed by atoms with E-state index in [0.29, 0.717) is 30.3 Å². The van der Waals surface area contributed by atoms with Crippen molar-refractivity contribution < 1.29 is 9.32 Å². The maximum Gasteiger partial charge on any atom is 0.252 e. The van der Waals surface area contributed by atoms with E-state index in [1.54, 1.807) is 0 Å². The van der Waals surface area contributed by atoms with Crippen LogP contribution in [0.3, 0.4) is 0 Å². The Morgan fingerprint density at radius 2 is 2.30 bits per heavy atom. The smallest absolute Gasteiger partial charge is 0.252 e. The van der Waals surface area contributed by atoms with Gasteiger partial charge in [-0.15, -0.1) is 0 Å². The number of nitrogens with zero attached hydrogens (tertiary/aromatic N) is 2. The molecule has 106 valence electrons. The molecule has 1 amide bonds. The quantitative estimate of drug-likeness (QED) is 0.919. The van der Waals surface area contributed by atoms with Crippen molar-refractivity contribution in [2.45, 2.75) is 38.0 Å². The fourth-order valence-corrected chi connectivity index (χ4v) is 3.13. The number of carbonyl (C=O) groups excluding carboxylic acids is 1. The molecule has 20 heavy (non-hydrogen) atoms. The van der Waals surface area contributed by atoms with Crippen molar-refractivity contribution in [2.75, 3.05) is 6.54 Å². The summed E-state index contributed by atoms with van der Waals surface area (Å²) < 4.78 is 5.31. The van der Waals surface area contributed by atoms with Gasteiger partial charge in [-0.05, 0) is 24.3 Å². The zero-order valence-corrected chi connectivity index (χ0v) is 12.0. The predicted octanol–water partition coefficient (Wildman–Crippen LogP) is 2.76. The van der Waals surface area contributed by atoms with Gasteiger partial charge < -0.3 is 9.84 Å². The van der Waals surface area contributed by atoms with E-state index in [0.717, 1.165) is 18.7 Å². The van der Waals surface area contributed by atoms with Gasteiger partial charge in [0.25, 0.3) is 5.91 Å². The Kier molecular flexibility index (Phi) is 4.11. The minimum absolute atomic E-state index is 0.0502. The molecule has 6 heteroatoms. The van der Waals surface area contributed by atoms with Crippen LogP contribution in [0.2, 0.25) is 0 Å². The molecule has 0 aliphatic heterocycles. The molecule has 1 aliphatic carbocycles. The van der Waals surface area contributed by atoms with E-state index < -0.39 is 0 Å². The van der Waals surface area contributed by atoms with Crippen LogP contribution in [-0.4, -0.2) is 22.6 Å². The van der Waals surface area contributed by atoms with Crippen LogP contribution in [-0.2, 0) is 6.42 Å². The van der Waals surface area contributed by atoms with Gasteiger partial charge in [-0.2, -0.15) is 16.3 Å². The first-order valence-electron chi connectivity index (χ1n) is 6.96. The van der Waals surface area contributed by atoms with Gasteiger partial charge in [-0.25, -0.2) is 0 Å². The SMILES string of the molecule is O=C(NCCc1noc(C2CCCC2)n1)c1ccsc1. The Morgan fingerprint density at radius 1 is 1.45 bits per heavy atom. The molecule has 0 spiro atoms. The molecule has 0 atom stereocenters. The third kappa shape index (κ3) is 3.07. The normalized spacial score (nSPS) is 15.6. The second kappa shape index (κ2) is 6.17. The standard InChI is InChI=1S/C14H17N3O2S/c18-13(11-6-8-20-9-11)15-7-5-12-16-14(19-17-12)10-3-1-2-4-10/h6,8-10H,1-5,7H2,(H,15,18). The van der Waals surface area contributed by atoms with E-state index in [1.807, 2.05) is 16.8 Å². The lowest BCUT2D eigenvalue weighted by atomic mass is 10.1. The molecule has 3 rings (SSSR count). The van der Waals surface area contributed by atoms with E-state index in [9.17, 15) is 4.79 Å². The molecule has 1 fully saturated rings. The summed E-state index contributed by atoms with van der Waals surface area (Å²) in [6, 6.07) is 1.81. The molecule has 1 saturated carbocycles. The van der Waals surface area contributed by atoms with Gasteiger partial charge in [0.1, 0.15) is 0 Å². The zero-order valence-electron chi connectivity index (χ0n) is 11.2. The molecular formula is C14H17N3O2S. The Labute approximate surface area is 121 Å². The highest BCUT2D eigenvalue weighted by molar-refractivity contribution is 7.08. The Morgan fingerprint density at radius 3 is 3.05 bits per heavy atom. The second-order valence-electron chi connectivity index (χ2n) is 5.05. The molecule has 5 nitrogen and oxygen atoms in total. The molecule has 1 N–H and O–H groups in total. The summed E-state index contributed by atoms with van der Waals surface area (Å²) in [7, 11) is 0. The lowest BCUT2D eigenvalue weighted by Crippen LogP contribution is -2.25. The summed E-state index contributed by atoms with van der Waals surface area (Å²) >= 11 is 1.51. The molecule has 0 bridgehead atoms. The molecular weight excluding hydrogens is 274 g/mol. The molecule has 0 unspecified atom stereocenters. The highest BCUT2D eigenvalue weighted by Crippen LogP contribution is 2.32. The van der Waals surface area contributed by atoms with Crippen LogP contribution in [0.15, 0.2) is 21.3 Å². The van der Waals surface area contributed by atoms with E-state index in [-0.39, 0.29) is 5.91 Å². The van der Waals surface area contributed by atoms with Crippen LogP contribution >= 0.6 is 11.3 Å². The number of amides is 1.